The fourth-order valence-electron chi connectivity index (χ4n) is 3.48. The molecule has 0 aliphatic rings. The van der Waals surface area contributed by atoms with Gasteiger partial charge in [0.25, 0.3) is 0 Å². The molecule has 0 fully saturated rings. The first-order valence-electron chi connectivity index (χ1n) is 10.7. The summed E-state index contributed by atoms with van der Waals surface area (Å²) in [7, 11) is 0. The van der Waals surface area contributed by atoms with Crippen LogP contribution in [0.3, 0.4) is 0 Å². The molecule has 1 N–H and O–H groups in total. The van der Waals surface area contributed by atoms with Crippen molar-refractivity contribution >= 4 is 23.3 Å². The third kappa shape index (κ3) is 7.69. The first kappa shape index (κ1) is 25.5. The first-order chi connectivity index (χ1) is 14.1. The van der Waals surface area contributed by atoms with Gasteiger partial charge in [0.15, 0.2) is 0 Å². The topological polar surface area (TPSA) is 64.6 Å². The average molecular weight is 416 g/mol. The second-order valence-electron chi connectivity index (χ2n) is 8.24. The predicted molar refractivity (Wildman–Crippen MR) is 123 cm³/mol. The zero-order valence-electron chi connectivity index (χ0n) is 19.5. The maximum atomic E-state index is 11.9. The lowest BCUT2D eigenvalue weighted by Gasteiger charge is -2.26. The highest BCUT2D eigenvalue weighted by molar-refractivity contribution is 5.87. The molecule has 5 nitrogen and oxygen atoms in total. The highest BCUT2D eigenvalue weighted by Crippen LogP contribution is 2.36. The second-order valence-corrected chi connectivity index (χ2v) is 8.24. The van der Waals surface area contributed by atoms with Crippen molar-refractivity contribution in [3.05, 3.63) is 47.6 Å². The molecule has 0 aliphatic carbocycles. The number of carbonyl (C=O) groups excluding carboxylic acids is 2. The fourth-order valence-corrected chi connectivity index (χ4v) is 3.48. The quantitative estimate of drug-likeness (QED) is 0.270. The number of rotatable bonds is 10. The van der Waals surface area contributed by atoms with Crippen molar-refractivity contribution < 1.29 is 19.1 Å². The van der Waals surface area contributed by atoms with Gasteiger partial charge in [0.1, 0.15) is 13.2 Å². The monoisotopic (exact) mass is 415 g/mol. The molecule has 0 heterocycles. The van der Waals surface area contributed by atoms with Crippen molar-refractivity contribution in [2.45, 2.75) is 54.9 Å². The highest BCUT2D eigenvalue weighted by Gasteiger charge is 2.20. The molecular formula is C25H37NO4. The van der Waals surface area contributed by atoms with E-state index in [4.69, 9.17) is 9.47 Å². The van der Waals surface area contributed by atoms with Crippen molar-refractivity contribution in [1.82, 2.24) is 0 Å². The standard InChI is InChI=1S/C25H37NO4/c1-9-19(8)22(16(2)3)23(17(4)5)20-10-12-21(13-11-20)26-25(28)30-15-14-29-24(27)18(6)7/h10-13,16-17,19H,6,9,14-15H2,1-5,7-8H3,(H,26,28)/b23-22+. The summed E-state index contributed by atoms with van der Waals surface area (Å²) in [5.74, 6) is 0.905. The number of esters is 1. The SMILES string of the molecule is C=C(C)C(=O)OCCOC(=O)Nc1ccc(/C(=C(\C(C)C)C(C)CC)C(C)C)cc1. The summed E-state index contributed by atoms with van der Waals surface area (Å²) in [4.78, 5) is 23.2. The first-order valence-corrected chi connectivity index (χ1v) is 10.7. The zero-order valence-corrected chi connectivity index (χ0v) is 19.5. The second kappa shape index (κ2) is 12.2. The van der Waals surface area contributed by atoms with E-state index in [0.717, 1.165) is 6.42 Å². The van der Waals surface area contributed by atoms with Crippen LogP contribution < -0.4 is 5.32 Å². The molecule has 0 bridgehead atoms. The van der Waals surface area contributed by atoms with Crippen LogP contribution in [-0.4, -0.2) is 25.3 Å². The van der Waals surface area contributed by atoms with Crippen molar-refractivity contribution in [1.29, 1.82) is 0 Å². The number of hydrogen-bond acceptors (Lipinski definition) is 4. The third-order valence-corrected chi connectivity index (χ3v) is 4.99. The number of anilines is 1. The molecule has 0 radical (unpaired) electrons. The lowest BCUT2D eigenvalue weighted by Crippen LogP contribution is -2.18. The van der Waals surface area contributed by atoms with Crippen LogP contribution in [0.4, 0.5) is 10.5 Å². The summed E-state index contributed by atoms with van der Waals surface area (Å²) >= 11 is 0. The van der Waals surface area contributed by atoms with E-state index in [1.165, 1.54) is 16.7 Å². The Labute approximate surface area is 181 Å². The molecule has 0 saturated carbocycles. The maximum absolute atomic E-state index is 11.9. The van der Waals surface area contributed by atoms with Gasteiger partial charge in [-0.2, -0.15) is 0 Å². The maximum Gasteiger partial charge on any atom is 0.411 e. The Bertz CT molecular complexity index is 760. The minimum Gasteiger partial charge on any atom is -0.459 e. The smallest absolute Gasteiger partial charge is 0.411 e. The number of hydrogen-bond donors (Lipinski definition) is 1. The van der Waals surface area contributed by atoms with Crippen molar-refractivity contribution in [2.75, 3.05) is 18.5 Å². The normalized spacial score (nSPS) is 13.0. The summed E-state index contributed by atoms with van der Waals surface area (Å²) in [5, 5.41) is 2.70. The number of allylic oxidation sites excluding steroid dienone is 2. The number of nitrogens with one attached hydrogen (secondary N) is 1. The largest absolute Gasteiger partial charge is 0.459 e. The highest BCUT2D eigenvalue weighted by atomic mass is 16.6. The van der Waals surface area contributed by atoms with Gasteiger partial charge in [0.05, 0.1) is 0 Å². The van der Waals surface area contributed by atoms with Crippen LogP contribution in [0.25, 0.3) is 5.57 Å². The molecule has 1 aromatic carbocycles. The van der Waals surface area contributed by atoms with Gasteiger partial charge in [-0.05, 0) is 54.4 Å². The minimum atomic E-state index is -0.587. The van der Waals surface area contributed by atoms with Crippen molar-refractivity contribution in [2.24, 2.45) is 17.8 Å². The molecule has 1 unspecified atom stereocenters. The van der Waals surface area contributed by atoms with E-state index < -0.39 is 12.1 Å². The van der Waals surface area contributed by atoms with Gasteiger partial charge in [-0.25, -0.2) is 9.59 Å². The number of amides is 1. The number of ether oxygens (including phenoxy) is 2. The fraction of sp³-hybridized carbons (Fsp3) is 0.520. The van der Waals surface area contributed by atoms with Crippen LogP contribution in [0.1, 0.15) is 60.5 Å². The van der Waals surface area contributed by atoms with Gasteiger partial charge in [0.2, 0.25) is 0 Å². The summed E-state index contributed by atoms with van der Waals surface area (Å²) in [6.45, 7) is 18.5. The van der Waals surface area contributed by atoms with Crippen LogP contribution in [0.15, 0.2) is 42.0 Å². The Morgan fingerprint density at radius 2 is 1.53 bits per heavy atom. The van der Waals surface area contributed by atoms with E-state index in [1.54, 1.807) is 6.92 Å². The molecule has 5 heteroatoms. The number of carbonyl (C=O) groups is 2. The molecule has 166 valence electrons. The van der Waals surface area contributed by atoms with E-state index in [0.29, 0.717) is 29.0 Å². The minimum absolute atomic E-state index is 0.00577. The lowest BCUT2D eigenvalue weighted by molar-refractivity contribution is -0.139. The Morgan fingerprint density at radius 1 is 0.967 bits per heavy atom. The van der Waals surface area contributed by atoms with Crippen LogP contribution >= 0.6 is 0 Å². The number of benzene rings is 1. The van der Waals surface area contributed by atoms with Gasteiger partial charge in [-0.1, -0.05) is 65.8 Å². The van der Waals surface area contributed by atoms with Gasteiger partial charge in [-0.3, -0.25) is 5.32 Å². The van der Waals surface area contributed by atoms with Crippen LogP contribution in [0.5, 0.6) is 0 Å². The van der Waals surface area contributed by atoms with E-state index >= 15 is 0 Å². The Kier molecular flexibility index (Phi) is 10.4. The average Bonchev–Trinajstić information content (AvgIpc) is 2.68. The van der Waals surface area contributed by atoms with Crippen LogP contribution in [-0.2, 0) is 14.3 Å². The van der Waals surface area contributed by atoms with E-state index in [-0.39, 0.29) is 13.2 Å². The Morgan fingerprint density at radius 3 is 2.00 bits per heavy atom. The zero-order chi connectivity index (χ0) is 22.8. The molecule has 0 saturated heterocycles. The molecule has 0 aromatic heterocycles. The molecule has 1 aromatic rings. The molecule has 1 amide bonds. The molecular weight excluding hydrogens is 378 g/mol. The van der Waals surface area contributed by atoms with E-state index in [9.17, 15) is 9.59 Å². The van der Waals surface area contributed by atoms with Crippen LogP contribution in [0, 0.1) is 17.8 Å². The summed E-state index contributed by atoms with van der Waals surface area (Å²) in [5.41, 5.74) is 5.02. The van der Waals surface area contributed by atoms with Gasteiger partial charge < -0.3 is 9.47 Å². The summed E-state index contributed by atoms with van der Waals surface area (Å²) in [6, 6.07) is 7.86. The molecule has 0 spiro atoms. The lowest BCUT2D eigenvalue weighted by atomic mass is 9.79. The Hall–Kier alpha value is -2.56. The van der Waals surface area contributed by atoms with Gasteiger partial charge >= 0.3 is 12.1 Å². The molecule has 1 rings (SSSR count). The van der Waals surface area contributed by atoms with Gasteiger partial charge in [0, 0.05) is 11.3 Å². The van der Waals surface area contributed by atoms with E-state index in [1.807, 2.05) is 24.3 Å². The molecule has 0 aliphatic heterocycles. The predicted octanol–water partition coefficient (Wildman–Crippen LogP) is 6.47. The summed E-state index contributed by atoms with van der Waals surface area (Å²) < 4.78 is 9.93. The molecule has 30 heavy (non-hydrogen) atoms. The van der Waals surface area contributed by atoms with Crippen LogP contribution in [0.2, 0.25) is 0 Å². The third-order valence-electron chi connectivity index (χ3n) is 4.99. The van der Waals surface area contributed by atoms with Crippen molar-refractivity contribution in [3.8, 4) is 0 Å². The van der Waals surface area contributed by atoms with Crippen molar-refractivity contribution in [3.63, 3.8) is 0 Å². The van der Waals surface area contributed by atoms with Gasteiger partial charge in [-0.15, -0.1) is 0 Å². The summed E-state index contributed by atoms with van der Waals surface area (Å²) in [6.07, 6.45) is 0.521. The molecule has 1 atom stereocenters. The van der Waals surface area contributed by atoms with E-state index in [2.05, 4.69) is 53.4 Å². The Balaban J connectivity index is 2.82.